The Morgan fingerprint density at radius 2 is 1.71 bits per heavy atom. The lowest BCUT2D eigenvalue weighted by Gasteiger charge is -2.25. The number of rotatable bonds is 9. The van der Waals surface area contributed by atoms with E-state index in [0.29, 0.717) is 15.5 Å². The van der Waals surface area contributed by atoms with Crippen molar-refractivity contribution in [3.63, 3.8) is 0 Å². The second kappa shape index (κ2) is 8.74. The fourth-order valence-electron chi connectivity index (χ4n) is 4.53. The standard InChI is InChI=1S/C25H23ClN2O5S2/c26-19-10-8-16(9-11-19)20-12-13-21(34-20)35(32,33)28-25(23(30)31)14-24(25,18-4-2-1-3-5-18)15-27-22(29)17-6-7-17/h1-5,8-13,17,28H,6-7,14-15H2,(H,27,29)(H,30,31)/t24-,25?/m1/s1. The zero-order valence-electron chi connectivity index (χ0n) is 18.5. The zero-order valence-corrected chi connectivity index (χ0v) is 20.9. The molecule has 2 fully saturated rings. The van der Waals surface area contributed by atoms with E-state index < -0.39 is 26.9 Å². The van der Waals surface area contributed by atoms with Gasteiger partial charge in [-0.3, -0.25) is 9.59 Å². The molecule has 2 saturated carbocycles. The van der Waals surface area contributed by atoms with Gasteiger partial charge in [-0.15, -0.1) is 11.3 Å². The van der Waals surface area contributed by atoms with E-state index in [1.807, 2.05) is 0 Å². The van der Waals surface area contributed by atoms with Gasteiger partial charge in [-0.25, -0.2) is 8.42 Å². The van der Waals surface area contributed by atoms with Gasteiger partial charge in [0.05, 0.1) is 0 Å². The highest BCUT2D eigenvalue weighted by molar-refractivity contribution is 7.91. The molecule has 0 bridgehead atoms. The Balaban J connectivity index is 1.46. The topological polar surface area (TPSA) is 113 Å². The number of benzene rings is 2. The summed E-state index contributed by atoms with van der Waals surface area (Å²) in [4.78, 5) is 25.7. The molecule has 2 aromatic carbocycles. The van der Waals surface area contributed by atoms with Gasteiger partial charge >= 0.3 is 5.97 Å². The minimum absolute atomic E-state index is 0.0129. The molecule has 3 N–H and O–H groups in total. The molecule has 0 aliphatic heterocycles. The number of carbonyl (C=O) groups is 2. The van der Waals surface area contributed by atoms with Crippen LogP contribution in [0.2, 0.25) is 5.02 Å². The van der Waals surface area contributed by atoms with Gasteiger partial charge in [0.15, 0.2) is 0 Å². The number of amides is 1. The van der Waals surface area contributed by atoms with E-state index in [-0.39, 0.29) is 29.0 Å². The van der Waals surface area contributed by atoms with Crippen LogP contribution in [-0.2, 0) is 25.0 Å². The summed E-state index contributed by atoms with van der Waals surface area (Å²) in [5.74, 6) is -1.45. The van der Waals surface area contributed by atoms with Crippen LogP contribution in [0.4, 0.5) is 0 Å². The fourth-order valence-corrected chi connectivity index (χ4v) is 7.39. The predicted molar refractivity (Wildman–Crippen MR) is 134 cm³/mol. The van der Waals surface area contributed by atoms with Crippen molar-refractivity contribution >= 4 is 44.8 Å². The highest BCUT2D eigenvalue weighted by atomic mass is 35.5. The van der Waals surface area contributed by atoms with Gasteiger partial charge in [0, 0.05) is 27.8 Å². The molecule has 1 amide bonds. The molecule has 182 valence electrons. The van der Waals surface area contributed by atoms with Crippen molar-refractivity contribution in [2.24, 2.45) is 5.92 Å². The molecule has 35 heavy (non-hydrogen) atoms. The highest BCUT2D eigenvalue weighted by Crippen LogP contribution is 2.58. The number of hydrogen-bond acceptors (Lipinski definition) is 5. The Morgan fingerprint density at radius 1 is 1.03 bits per heavy atom. The van der Waals surface area contributed by atoms with Crippen LogP contribution >= 0.6 is 22.9 Å². The number of nitrogens with one attached hydrogen (secondary N) is 2. The SMILES string of the molecule is O=C(NC[C@@]1(c2ccccc2)CC1(NS(=O)(=O)c1ccc(-c2ccc(Cl)cc2)s1)C(=O)O)C1CC1. The Morgan fingerprint density at radius 3 is 2.34 bits per heavy atom. The summed E-state index contributed by atoms with van der Waals surface area (Å²) in [5.41, 5.74) is -1.42. The van der Waals surface area contributed by atoms with E-state index in [2.05, 4.69) is 10.0 Å². The Bertz CT molecular complexity index is 1390. The maximum Gasteiger partial charge on any atom is 0.325 e. The smallest absolute Gasteiger partial charge is 0.325 e. The average molecular weight is 531 g/mol. The van der Waals surface area contributed by atoms with Crippen LogP contribution in [0.25, 0.3) is 10.4 Å². The van der Waals surface area contributed by atoms with Crippen LogP contribution in [0.3, 0.4) is 0 Å². The first-order valence-corrected chi connectivity index (χ1v) is 13.8. The summed E-state index contributed by atoms with van der Waals surface area (Å²) >= 11 is 6.99. The van der Waals surface area contributed by atoms with Crippen molar-refractivity contribution in [3.8, 4) is 10.4 Å². The van der Waals surface area contributed by atoms with Crippen molar-refractivity contribution in [1.82, 2.24) is 10.0 Å². The fraction of sp³-hybridized carbons (Fsp3) is 0.280. The van der Waals surface area contributed by atoms with Crippen molar-refractivity contribution < 1.29 is 23.1 Å². The Kier molecular flexibility index (Phi) is 5.99. The second-order valence-electron chi connectivity index (χ2n) is 9.06. The minimum atomic E-state index is -4.17. The molecule has 1 aromatic heterocycles. The van der Waals surface area contributed by atoms with Gasteiger partial charge in [0.2, 0.25) is 5.91 Å². The molecule has 10 heteroatoms. The minimum Gasteiger partial charge on any atom is -0.480 e. The first-order chi connectivity index (χ1) is 16.7. The van der Waals surface area contributed by atoms with Crippen LogP contribution in [0.5, 0.6) is 0 Å². The lowest BCUT2D eigenvalue weighted by Crippen LogP contribution is -2.51. The molecular weight excluding hydrogens is 508 g/mol. The van der Waals surface area contributed by atoms with Gasteiger partial charge in [-0.05, 0) is 54.7 Å². The van der Waals surface area contributed by atoms with E-state index in [1.54, 1.807) is 60.7 Å². The van der Waals surface area contributed by atoms with Crippen LogP contribution in [0.15, 0.2) is 70.9 Å². The lowest BCUT2D eigenvalue weighted by molar-refractivity contribution is -0.141. The quantitative estimate of drug-likeness (QED) is 0.386. The van der Waals surface area contributed by atoms with E-state index >= 15 is 0 Å². The molecule has 0 radical (unpaired) electrons. The second-order valence-corrected chi connectivity index (χ2v) is 12.5. The molecule has 1 unspecified atom stereocenters. The Labute approximate surface area is 212 Å². The zero-order chi connectivity index (χ0) is 24.8. The normalized spacial score (nSPS) is 23.6. The number of aliphatic carboxylic acids is 1. The molecule has 2 aliphatic carbocycles. The average Bonchev–Trinajstić information content (AvgIpc) is 3.74. The van der Waals surface area contributed by atoms with E-state index in [0.717, 1.165) is 29.7 Å². The molecular formula is C25H23ClN2O5S2. The van der Waals surface area contributed by atoms with Crippen LogP contribution in [0, 0.1) is 5.92 Å². The summed E-state index contributed by atoms with van der Waals surface area (Å²) in [6.07, 6.45) is 1.66. The lowest BCUT2D eigenvalue weighted by atomic mass is 9.90. The van der Waals surface area contributed by atoms with E-state index in [9.17, 15) is 23.1 Å². The number of carboxylic acids is 1. The maximum absolute atomic E-state index is 13.4. The molecule has 1 heterocycles. The molecule has 2 aliphatic rings. The van der Waals surface area contributed by atoms with Crippen molar-refractivity contribution in [1.29, 1.82) is 0 Å². The van der Waals surface area contributed by atoms with Gasteiger partial charge in [-0.2, -0.15) is 4.72 Å². The number of carbonyl (C=O) groups excluding carboxylic acids is 1. The molecule has 2 atom stereocenters. The predicted octanol–water partition coefficient (Wildman–Crippen LogP) is 4.04. The monoisotopic (exact) mass is 530 g/mol. The van der Waals surface area contributed by atoms with Gasteiger partial charge < -0.3 is 10.4 Å². The van der Waals surface area contributed by atoms with Crippen molar-refractivity contribution in [3.05, 3.63) is 77.3 Å². The molecule has 0 spiro atoms. The third kappa shape index (κ3) is 4.38. The maximum atomic E-state index is 13.4. The Hall–Kier alpha value is -2.72. The third-order valence-electron chi connectivity index (χ3n) is 6.75. The first kappa shape index (κ1) is 24.0. The summed E-state index contributed by atoms with van der Waals surface area (Å²) in [7, 11) is -4.17. The number of thiophene rings is 1. The third-order valence-corrected chi connectivity index (χ3v) is 10.1. The van der Waals surface area contributed by atoms with Crippen LogP contribution in [0.1, 0.15) is 24.8 Å². The number of carboxylic acid groups (broad SMARTS) is 1. The summed E-state index contributed by atoms with van der Waals surface area (Å²) in [6, 6.07) is 19.1. The summed E-state index contributed by atoms with van der Waals surface area (Å²) in [6.45, 7) is 0.0294. The number of sulfonamides is 1. The van der Waals surface area contributed by atoms with Crippen LogP contribution < -0.4 is 10.0 Å². The molecule has 0 saturated heterocycles. The molecule has 5 rings (SSSR count). The van der Waals surface area contributed by atoms with Gasteiger partial charge in [0.25, 0.3) is 10.0 Å². The summed E-state index contributed by atoms with van der Waals surface area (Å²) < 4.78 is 29.3. The number of hydrogen-bond donors (Lipinski definition) is 3. The van der Waals surface area contributed by atoms with Crippen molar-refractivity contribution in [2.45, 2.75) is 34.4 Å². The van der Waals surface area contributed by atoms with E-state index in [1.165, 1.54) is 6.07 Å². The van der Waals surface area contributed by atoms with Crippen molar-refractivity contribution in [2.75, 3.05) is 6.54 Å². The molecule has 3 aromatic rings. The molecule has 7 nitrogen and oxygen atoms in total. The van der Waals surface area contributed by atoms with Crippen LogP contribution in [-0.4, -0.2) is 37.5 Å². The highest BCUT2D eigenvalue weighted by Gasteiger charge is 2.75. The van der Waals surface area contributed by atoms with Gasteiger partial charge in [-0.1, -0.05) is 54.1 Å². The van der Waals surface area contributed by atoms with Gasteiger partial charge in [0.1, 0.15) is 9.75 Å². The summed E-state index contributed by atoms with van der Waals surface area (Å²) in [5, 5.41) is 13.7. The number of halogens is 1. The largest absolute Gasteiger partial charge is 0.480 e. The first-order valence-electron chi connectivity index (χ1n) is 11.1. The van der Waals surface area contributed by atoms with E-state index in [4.69, 9.17) is 11.6 Å².